The molecule has 0 aromatic heterocycles. The van der Waals surface area contributed by atoms with Gasteiger partial charge in [-0.3, -0.25) is 9.59 Å². The van der Waals surface area contributed by atoms with Gasteiger partial charge in [0.05, 0.1) is 3.92 Å². The molecule has 0 aromatic carbocycles. The van der Waals surface area contributed by atoms with Gasteiger partial charge in [-0.2, -0.15) is 0 Å². The van der Waals surface area contributed by atoms with Gasteiger partial charge >= 0.3 is 0 Å². The number of alkyl halides is 1. The number of halogens is 1. The third-order valence-electron chi connectivity index (χ3n) is 2.14. The Labute approximate surface area is 86.2 Å². The summed E-state index contributed by atoms with van der Waals surface area (Å²) in [6, 6.07) is 0. The Morgan fingerprint density at radius 1 is 1.08 bits per heavy atom. The minimum Gasteiger partial charge on any atom is -0.300 e. The van der Waals surface area contributed by atoms with Gasteiger partial charge in [0.1, 0.15) is 11.6 Å². The third kappa shape index (κ3) is 3.21. The summed E-state index contributed by atoms with van der Waals surface area (Å²) in [6.07, 6.45) is 4.40. The maximum Gasteiger partial charge on any atom is 0.145 e. The summed E-state index contributed by atoms with van der Waals surface area (Å²) in [5.41, 5.74) is 0. The van der Waals surface area contributed by atoms with Crippen molar-refractivity contribution in [3.63, 3.8) is 0 Å². The Morgan fingerprint density at radius 3 is 2.50 bits per heavy atom. The quantitative estimate of drug-likeness (QED) is 0.504. The molecule has 1 aliphatic carbocycles. The lowest BCUT2D eigenvalue weighted by Gasteiger charge is -2.04. The Kier molecular flexibility index (Phi) is 4.18. The zero-order valence-corrected chi connectivity index (χ0v) is 9.17. The van der Waals surface area contributed by atoms with E-state index >= 15 is 0 Å². The maximum absolute atomic E-state index is 11.3. The first-order valence-electron chi connectivity index (χ1n) is 4.38. The maximum atomic E-state index is 11.3. The first kappa shape index (κ1) is 10.2. The molecule has 12 heavy (non-hydrogen) atoms. The molecular formula is C9H13IO2. The molecule has 0 aromatic rings. The molecule has 3 heteroatoms. The minimum atomic E-state index is 0.147. The first-order valence-corrected chi connectivity index (χ1v) is 5.63. The number of hydrogen-bond acceptors (Lipinski definition) is 2. The molecule has 0 aliphatic heterocycles. The summed E-state index contributed by atoms with van der Waals surface area (Å²) in [4.78, 5) is 22.4. The summed E-state index contributed by atoms with van der Waals surface area (Å²) in [6.45, 7) is 0. The lowest BCUT2D eigenvalue weighted by atomic mass is 10.1. The second-order valence-electron chi connectivity index (χ2n) is 3.22. The number of carbonyl (C=O) groups is 2. The summed E-state index contributed by atoms with van der Waals surface area (Å²) >= 11 is 2.19. The van der Waals surface area contributed by atoms with E-state index in [1.165, 1.54) is 0 Å². The Bertz CT molecular complexity index is 189. The molecule has 1 rings (SSSR count). The molecule has 0 heterocycles. The average Bonchev–Trinajstić information content (AvgIpc) is 2.08. The zero-order chi connectivity index (χ0) is 8.97. The van der Waals surface area contributed by atoms with Crippen molar-refractivity contribution in [3.8, 4) is 0 Å². The highest BCUT2D eigenvalue weighted by molar-refractivity contribution is 14.1. The van der Waals surface area contributed by atoms with Crippen LogP contribution in [0.2, 0.25) is 0 Å². The molecule has 0 bridgehead atoms. The van der Waals surface area contributed by atoms with Crippen LogP contribution in [0.4, 0.5) is 0 Å². The van der Waals surface area contributed by atoms with E-state index in [9.17, 15) is 9.59 Å². The SMILES string of the molecule is O=C1CCCC(=O)C(I)CCC1. The van der Waals surface area contributed by atoms with Crippen molar-refractivity contribution in [2.45, 2.75) is 42.4 Å². The molecule has 1 saturated carbocycles. The van der Waals surface area contributed by atoms with Crippen LogP contribution >= 0.6 is 22.6 Å². The van der Waals surface area contributed by atoms with Gasteiger partial charge in [0.15, 0.2) is 0 Å². The van der Waals surface area contributed by atoms with Gasteiger partial charge in [-0.1, -0.05) is 22.6 Å². The second-order valence-corrected chi connectivity index (χ2v) is 4.72. The molecule has 0 spiro atoms. The number of rotatable bonds is 0. The van der Waals surface area contributed by atoms with Gasteiger partial charge in [-0.15, -0.1) is 0 Å². The lowest BCUT2D eigenvalue weighted by molar-refractivity contribution is -0.119. The molecule has 0 amide bonds. The lowest BCUT2D eigenvalue weighted by Crippen LogP contribution is -2.12. The second kappa shape index (κ2) is 4.94. The van der Waals surface area contributed by atoms with E-state index in [1.54, 1.807) is 0 Å². The molecule has 0 saturated heterocycles. The van der Waals surface area contributed by atoms with Crippen LogP contribution in [0.3, 0.4) is 0 Å². The monoisotopic (exact) mass is 280 g/mol. The van der Waals surface area contributed by atoms with Crippen molar-refractivity contribution in [2.24, 2.45) is 0 Å². The fourth-order valence-electron chi connectivity index (χ4n) is 1.38. The van der Waals surface area contributed by atoms with E-state index in [0.29, 0.717) is 30.8 Å². The fraction of sp³-hybridized carbons (Fsp3) is 0.778. The van der Waals surface area contributed by atoms with E-state index in [0.717, 1.165) is 19.3 Å². The summed E-state index contributed by atoms with van der Waals surface area (Å²) in [5.74, 6) is 0.651. The van der Waals surface area contributed by atoms with Crippen molar-refractivity contribution < 1.29 is 9.59 Å². The molecule has 0 radical (unpaired) electrons. The molecule has 68 valence electrons. The van der Waals surface area contributed by atoms with Gasteiger partial charge < -0.3 is 0 Å². The van der Waals surface area contributed by atoms with E-state index < -0.39 is 0 Å². The van der Waals surface area contributed by atoms with Crippen LogP contribution in [0.5, 0.6) is 0 Å². The van der Waals surface area contributed by atoms with E-state index in [2.05, 4.69) is 22.6 Å². The molecule has 1 fully saturated rings. The van der Waals surface area contributed by atoms with Crippen molar-refractivity contribution in [1.82, 2.24) is 0 Å². The van der Waals surface area contributed by atoms with Gasteiger partial charge in [-0.25, -0.2) is 0 Å². The summed E-state index contributed by atoms with van der Waals surface area (Å²) < 4.78 is 0.147. The van der Waals surface area contributed by atoms with E-state index in [1.807, 2.05) is 0 Å². The molecule has 0 N–H and O–H groups in total. The van der Waals surface area contributed by atoms with Crippen LogP contribution in [0, 0.1) is 0 Å². The van der Waals surface area contributed by atoms with Gasteiger partial charge in [0, 0.05) is 19.3 Å². The van der Waals surface area contributed by atoms with Crippen LogP contribution in [0.1, 0.15) is 38.5 Å². The minimum absolute atomic E-state index is 0.147. The van der Waals surface area contributed by atoms with Gasteiger partial charge in [-0.05, 0) is 19.3 Å². The van der Waals surface area contributed by atoms with E-state index in [4.69, 9.17) is 0 Å². The van der Waals surface area contributed by atoms with Crippen molar-refractivity contribution in [3.05, 3.63) is 0 Å². The highest BCUT2D eigenvalue weighted by atomic mass is 127. The first-order chi connectivity index (χ1) is 5.70. The number of ketones is 2. The van der Waals surface area contributed by atoms with Crippen LogP contribution in [0.15, 0.2) is 0 Å². The highest BCUT2D eigenvalue weighted by Crippen LogP contribution is 2.18. The molecule has 1 aliphatic rings. The zero-order valence-electron chi connectivity index (χ0n) is 7.01. The highest BCUT2D eigenvalue weighted by Gasteiger charge is 2.17. The summed E-state index contributed by atoms with van der Waals surface area (Å²) in [7, 11) is 0. The topological polar surface area (TPSA) is 34.1 Å². The molecular weight excluding hydrogens is 267 g/mol. The van der Waals surface area contributed by atoms with Gasteiger partial charge in [0.2, 0.25) is 0 Å². The van der Waals surface area contributed by atoms with Crippen LogP contribution < -0.4 is 0 Å². The van der Waals surface area contributed by atoms with Crippen molar-refractivity contribution >= 4 is 34.2 Å². The predicted octanol–water partition coefficient (Wildman–Crippen LogP) is 2.28. The van der Waals surface area contributed by atoms with E-state index in [-0.39, 0.29) is 3.92 Å². The van der Waals surface area contributed by atoms with Crippen molar-refractivity contribution in [2.75, 3.05) is 0 Å². The number of hydrogen-bond donors (Lipinski definition) is 0. The summed E-state index contributed by atoms with van der Waals surface area (Å²) in [5, 5.41) is 0. The Morgan fingerprint density at radius 2 is 1.75 bits per heavy atom. The number of carbonyl (C=O) groups excluding carboxylic acids is 2. The standard InChI is InChI=1S/C9H13IO2/c10-8-5-1-3-7(11)4-2-6-9(8)12/h8H,1-6H2. The smallest absolute Gasteiger partial charge is 0.145 e. The fourth-order valence-corrected chi connectivity index (χ4v) is 2.13. The average molecular weight is 280 g/mol. The van der Waals surface area contributed by atoms with Crippen LogP contribution in [-0.2, 0) is 9.59 Å². The Balaban J connectivity index is 2.47. The van der Waals surface area contributed by atoms with Crippen LogP contribution in [0.25, 0.3) is 0 Å². The molecule has 1 unspecified atom stereocenters. The third-order valence-corrected chi connectivity index (χ3v) is 3.46. The molecule has 1 atom stereocenters. The molecule has 2 nitrogen and oxygen atoms in total. The largest absolute Gasteiger partial charge is 0.300 e. The number of Topliss-reactive ketones (excluding diaryl/α,β-unsaturated/α-hetero) is 2. The van der Waals surface area contributed by atoms with Crippen LogP contribution in [-0.4, -0.2) is 15.5 Å². The Hall–Kier alpha value is 0.0700. The predicted molar refractivity (Wildman–Crippen MR) is 55.5 cm³/mol. The normalized spacial score (nSPS) is 27.6. The van der Waals surface area contributed by atoms with Gasteiger partial charge in [0.25, 0.3) is 0 Å². The van der Waals surface area contributed by atoms with Crippen molar-refractivity contribution in [1.29, 1.82) is 0 Å².